The fourth-order valence-electron chi connectivity index (χ4n) is 3.92. The smallest absolute Gasteiger partial charge is 0.243 e. The normalized spacial score (nSPS) is 14.7. The molecule has 0 aliphatic carbocycles. The van der Waals surface area contributed by atoms with Crippen LogP contribution in [0.3, 0.4) is 0 Å². The fraction of sp³-hybridized carbons (Fsp3) is 0.240. The van der Waals surface area contributed by atoms with Crippen molar-refractivity contribution in [3.05, 3.63) is 77.9 Å². The number of rotatable bonds is 9. The maximum absolute atomic E-state index is 12.9. The first kappa shape index (κ1) is 24.8. The van der Waals surface area contributed by atoms with Crippen molar-refractivity contribution < 1.29 is 17.9 Å². The number of sulfonamides is 1. The Kier molecular flexibility index (Phi) is 7.63. The summed E-state index contributed by atoms with van der Waals surface area (Å²) in [5, 5.41) is 14.4. The number of Topliss-reactive ketones (excluding diaryl/α,β-unsaturated/α-hetero) is 1. The zero-order chi connectivity index (χ0) is 25.0. The van der Waals surface area contributed by atoms with E-state index in [0.717, 1.165) is 10.1 Å². The molecule has 1 N–H and O–H groups in total. The summed E-state index contributed by atoms with van der Waals surface area (Å²) >= 11 is 2.98. The molecule has 36 heavy (non-hydrogen) atoms. The van der Waals surface area contributed by atoms with E-state index < -0.39 is 10.0 Å². The third-order valence-electron chi connectivity index (χ3n) is 5.80. The molecule has 0 radical (unpaired) electrons. The molecule has 0 amide bonds. The van der Waals surface area contributed by atoms with E-state index in [0.29, 0.717) is 37.0 Å². The van der Waals surface area contributed by atoms with Crippen LogP contribution in [-0.2, 0) is 20.5 Å². The minimum absolute atomic E-state index is 0.0102. The third-order valence-corrected chi connectivity index (χ3v) is 9.76. The number of ketones is 1. The van der Waals surface area contributed by atoms with Gasteiger partial charge in [-0.05, 0) is 28.5 Å². The van der Waals surface area contributed by atoms with Crippen LogP contribution in [0, 0.1) is 0 Å². The summed E-state index contributed by atoms with van der Waals surface area (Å²) < 4.78 is 33.2. The molecule has 8 nitrogen and oxygen atoms in total. The fourth-order valence-corrected chi connectivity index (χ4v) is 7.13. The summed E-state index contributed by atoms with van der Waals surface area (Å²) in [5.74, 6) is 0.536. The molecular formula is C25H24N4O4S3. The summed E-state index contributed by atoms with van der Waals surface area (Å²) in [7, 11) is -3.67. The molecule has 1 aliphatic rings. The molecule has 11 heteroatoms. The van der Waals surface area contributed by atoms with Crippen molar-refractivity contribution in [2.24, 2.45) is 0 Å². The van der Waals surface area contributed by atoms with Crippen molar-refractivity contribution in [2.45, 2.75) is 15.0 Å². The van der Waals surface area contributed by atoms with Crippen LogP contribution in [-0.4, -0.2) is 61.6 Å². The molecule has 3 aromatic carbocycles. The Morgan fingerprint density at radius 1 is 1.03 bits per heavy atom. The number of nitrogens with one attached hydrogen (secondary N) is 1. The van der Waals surface area contributed by atoms with Gasteiger partial charge in [-0.1, -0.05) is 77.7 Å². The predicted octanol–water partition coefficient (Wildman–Crippen LogP) is 4.30. The second kappa shape index (κ2) is 11.1. The largest absolute Gasteiger partial charge is 0.379 e. The second-order valence-electron chi connectivity index (χ2n) is 8.12. The minimum atomic E-state index is -3.67. The molecule has 186 valence electrons. The number of fused-ring (bicyclic) bond motifs is 1. The van der Waals surface area contributed by atoms with Gasteiger partial charge < -0.3 is 10.1 Å². The number of thioether (sulfide) groups is 1. The van der Waals surface area contributed by atoms with E-state index in [9.17, 15) is 13.2 Å². The highest BCUT2D eigenvalue weighted by molar-refractivity contribution is 8.00. The quantitative estimate of drug-likeness (QED) is 0.248. The van der Waals surface area contributed by atoms with Gasteiger partial charge in [0.15, 0.2) is 10.1 Å². The summed E-state index contributed by atoms with van der Waals surface area (Å²) in [4.78, 5) is 12.9. The topological polar surface area (TPSA) is 101 Å². The molecule has 0 atom stereocenters. The van der Waals surface area contributed by atoms with E-state index >= 15 is 0 Å². The lowest BCUT2D eigenvalue weighted by Crippen LogP contribution is -2.40. The number of anilines is 1. The predicted molar refractivity (Wildman–Crippen MR) is 142 cm³/mol. The van der Waals surface area contributed by atoms with E-state index in [1.54, 1.807) is 23.9 Å². The molecule has 1 saturated heterocycles. The van der Waals surface area contributed by atoms with Crippen LogP contribution in [0.2, 0.25) is 0 Å². The van der Waals surface area contributed by atoms with Gasteiger partial charge in [-0.25, -0.2) is 8.42 Å². The number of morpholine rings is 1. The number of hydrogen-bond donors (Lipinski definition) is 1. The molecule has 0 saturated carbocycles. The second-order valence-corrected chi connectivity index (χ2v) is 12.3. The van der Waals surface area contributed by atoms with Crippen LogP contribution in [0.1, 0.15) is 15.9 Å². The van der Waals surface area contributed by atoms with Gasteiger partial charge >= 0.3 is 0 Å². The van der Waals surface area contributed by atoms with E-state index in [1.807, 2.05) is 12.1 Å². The molecule has 1 aromatic heterocycles. The lowest BCUT2D eigenvalue weighted by Gasteiger charge is -2.26. The van der Waals surface area contributed by atoms with E-state index in [-0.39, 0.29) is 17.2 Å². The van der Waals surface area contributed by atoms with E-state index in [4.69, 9.17) is 4.74 Å². The number of benzene rings is 3. The monoisotopic (exact) mass is 540 g/mol. The average Bonchev–Trinajstić information content (AvgIpc) is 3.39. The van der Waals surface area contributed by atoms with Crippen LogP contribution in [0.4, 0.5) is 5.13 Å². The van der Waals surface area contributed by atoms with Crippen molar-refractivity contribution in [1.29, 1.82) is 0 Å². The number of carbonyl (C=O) groups is 1. The summed E-state index contributed by atoms with van der Waals surface area (Å²) in [6.45, 7) is 1.33. The molecule has 0 bridgehead atoms. The zero-order valence-electron chi connectivity index (χ0n) is 19.3. The van der Waals surface area contributed by atoms with Crippen LogP contribution in [0.5, 0.6) is 0 Å². The SMILES string of the molecule is O=C(CNc1nnc(SCc2cccc3ccccc23)s1)c1cccc(S(=O)(=O)N2CCOCC2)c1. The number of hydrogen-bond acceptors (Lipinski definition) is 9. The van der Waals surface area contributed by atoms with Crippen molar-refractivity contribution >= 4 is 54.8 Å². The van der Waals surface area contributed by atoms with Crippen molar-refractivity contribution in [2.75, 3.05) is 38.2 Å². The van der Waals surface area contributed by atoms with Crippen molar-refractivity contribution in [3.63, 3.8) is 0 Å². The van der Waals surface area contributed by atoms with E-state index in [1.165, 1.54) is 44.1 Å². The molecule has 4 aromatic rings. The van der Waals surface area contributed by atoms with Crippen LogP contribution >= 0.6 is 23.1 Å². The number of carbonyl (C=O) groups excluding carboxylic acids is 1. The van der Waals surface area contributed by atoms with Gasteiger partial charge in [0.2, 0.25) is 15.2 Å². The molecule has 5 rings (SSSR count). The first-order valence-corrected chi connectivity index (χ1v) is 14.6. The average molecular weight is 541 g/mol. The van der Waals surface area contributed by atoms with Gasteiger partial charge in [-0.3, -0.25) is 4.79 Å². The maximum atomic E-state index is 12.9. The Morgan fingerprint density at radius 2 is 1.81 bits per heavy atom. The molecule has 2 heterocycles. The Hall–Kier alpha value is -2.83. The summed E-state index contributed by atoms with van der Waals surface area (Å²) in [6, 6.07) is 20.7. The molecule has 0 unspecified atom stereocenters. The number of aromatic nitrogens is 2. The van der Waals surface area contributed by atoms with Gasteiger partial charge in [0.05, 0.1) is 24.7 Å². The summed E-state index contributed by atoms with van der Waals surface area (Å²) in [5.41, 5.74) is 1.55. The Labute approximate surface area is 217 Å². The highest BCUT2D eigenvalue weighted by atomic mass is 32.2. The van der Waals surface area contributed by atoms with Crippen molar-refractivity contribution in [3.8, 4) is 0 Å². The zero-order valence-corrected chi connectivity index (χ0v) is 21.7. The highest BCUT2D eigenvalue weighted by Crippen LogP contribution is 2.30. The van der Waals surface area contributed by atoms with Crippen molar-refractivity contribution in [1.82, 2.24) is 14.5 Å². The van der Waals surface area contributed by atoms with E-state index in [2.05, 4.69) is 45.8 Å². The Balaban J connectivity index is 1.19. The van der Waals surface area contributed by atoms with Gasteiger partial charge in [0.1, 0.15) is 0 Å². The van der Waals surface area contributed by atoms with Crippen LogP contribution in [0.25, 0.3) is 10.8 Å². The highest BCUT2D eigenvalue weighted by Gasteiger charge is 2.26. The molecule has 1 aliphatic heterocycles. The van der Waals surface area contributed by atoms with Gasteiger partial charge in [-0.15, -0.1) is 10.2 Å². The third kappa shape index (κ3) is 5.60. The number of nitrogens with zero attached hydrogens (tertiary/aromatic N) is 3. The minimum Gasteiger partial charge on any atom is -0.379 e. The van der Waals surface area contributed by atoms with Gasteiger partial charge in [0, 0.05) is 24.4 Å². The van der Waals surface area contributed by atoms with Crippen LogP contribution in [0.15, 0.2) is 76.0 Å². The molecule has 1 fully saturated rings. The number of ether oxygens (including phenoxy) is 1. The molecular weight excluding hydrogens is 517 g/mol. The summed E-state index contributed by atoms with van der Waals surface area (Å²) in [6.07, 6.45) is 0. The Bertz CT molecular complexity index is 1480. The first-order chi connectivity index (χ1) is 17.5. The molecule has 0 spiro atoms. The standard InChI is InChI=1S/C25H24N4O4S3/c30-23(19-7-4-9-21(15-19)36(31,32)29-11-13-33-14-12-29)16-26-24-27-28-25(35-24)34-17-20-8-3-6-18-5-1-2-10-22(18)20/h1-10,15H,11-14,16-17H2,(H,26,27). The lowest BCUT2D eigenvalue weighted by molar-refractivity contribution is 0.0730. The maximum Gasteiger partial charge on any atom is 0.243 e. The van der Waals surface area contributed by atoms with Gasteiger partial charge in [-0.2, -0.15) is 4.31 Å². The first-order valence-electron chi connectivity index (χ1n) is 11.4. The van der Waals surface area contributed by atoms with Crippen LogP contribution < -0.4 is 5.32 Å². The van der Waals surface area contributed by atoms with Gasteiger partial charge in [0.25, 0.3) is 0 Å². The lowest BCUT2D eigenvalue weighted by atomic mass is 10.1. The Morgan fingerprint density at radius 3 is 2.67 bits per heavy atom.